The Hall–Kier alpha value is -1.69. The van der Waals surface area contributed by atoms with Crippen molar-refractivity contribution in [2.75, 3.05) is 24.3 Å². The second-order valence-electron chi connectivity index (χ2n) is 5.68. The minimum atomic E-state index is -0.841. The van der Waals surface area contributed by atoms with E-state index in [0.717, 1.165) is 19.3 Å². The van der Waals surface area contributed by atoms with E-state index in [0.29, 0.717) is 24.5 Å². The molecule has 1 aromatic rings. The van der Waals surface area contributed by atoms with E-state index in [1.165, 1.54) is 0 Å². The van der Waals surface area contributed by atoms with Gasteiger partial charge in [0, 0.05) is 14.1 Å². The molecule has 6 nitrogen and oxygen atoms in total. The molecule has 0 bridgehead atoms. The maximum absolute atomic E-state index is 12.0. The van der Waals surface area contributed by atoms with Gasteiger partial charge in [-0.3, -0.25) is 4.79 Å². The number of rotatable bonds is 4. The highest BCUT2D eigenvalue weighted by atomic mass is 16.3. The molecular formula is C14H22N4O2. The third kappa shape index (κ3) is 3.90. The van der Waals surface area contributed by atoms with Crippen molar-refractivity contribution in [3.63, 3.8) is 0 Å². The molecule has 0 radical (unpaired) electrons. The number of nitrogens with zero attached hydrogens (tertiary/aromatic N) is 3. The molecule has 6 heteroatoms. The maximum atomic E-state index is 12.0. The molecule has 2 N–H and O–H groups in total. The van der Waals surface area contributed by atoms with Crippen LogP contribution in [0.15, 0.2) is 12.4 Å². The molecule has 1 aromatic heterocycles. The first kappa shape index (κ1) is 14.7. The van der Waals surface area contributed by atoms with Crippen molar-refractivity contribution in [3.8, 4) is 0 Å². The minimum absolute atomic E-state index is 0.141. The van der Waals surface area contributed by atoms with Crippen molar-refractivity contribution < 1.29 is 9.90 Å². The zero-order chi connectivity index (χ0) is 14.6. The van der Waals surface area contributed by atoms with Gasteiger partial charge in [0.1, 0.15) is 0 Å². The zero-order valence-corrected chi connectivity index (χ0v) is 12.1. The van der Waals surface area contributed by atoms with Crippen LogP contribution >= 0.6 is 0 Å². The summed E-state index contributed by atoms with van der Waals surface area (Å²) in [5.74, 6) is 0.407. The van der Waals surface area contributed by atoms with Crippen LogP contribution in [-0.4, -0.2) is 40.7 Å². The fourth-order valence-corrected chi connectivity index (χ4v) is 2.51. The number of aliphatic hydroxyl groups is 1. The molecule has 0 unspecified atom stereocenters. The van der Waals surface area contributed by atoms with Crippen molar-refractivity contribution in [1.82, 2.24) is 9.97 Å². The summed E-state index contributed by atoms with van der Waals surface area (Å²) >= 11 is 0. The van der Waals surface area contributed by atoms with Gasteiger partial charge in [-0.2, -0.15) is 0 Å². The highest BCUT2D eigenvalue weighted by molar-refractivity contribution is 5.91. The normalized spacial score (nSPS) is 17.6. The van der Waals surface area contributed by atoms with Gasteiger partial charge in [0.15, 0.2) is 0 Å². The van der Waals surface area contributed by atoms with Crippen LogP contribution < -0.4 is 10.2 Å². The fourth-order valence-electron chi connectivity index (χ4n) is 2.51. The van der Waals surface area contributed by atoms with E-state index in [4.69, 9.17) is 0 Å². The molecule has 2 rings (SSSR count). The quantitative estimate of drug-likeness (QED) is 0.874. The van der Waals surface area contributed by atoms with Gasteiger partial charge in [-0.15, -0.1) is 0 Å². The summed E-state index contributed by atoms with van der Waals surface area (Å²) < 4.78 is 0. The Morgan fingerprint density at radius 3 is 2.45 bits per heavy atom. The lowest BCUT2D eigenvalue weighted by atomic mass is 9.82. The minimum Gasteiger partial charge on any atom is -0.389 e. The summed E-state index contributed by atoms with van der Waals surface area (Å²) in [6, 6.07) is 0. The number of hydrogen-bond acceptors (Lipinski definition) is 5. The van der Waals surface area contributed by atoms with Crippen molar-refractivity contribution >= 4 is 17.5 Å². The monoisotopic (exact) mass is 278 g/mol. The van der Waals surface area contributed by atoms with Gasteiger partial charge in [0.25, 0.3) is 0 Å². The first-order chi connectivity index (χ1) is 9.48. The predicted molar refractivity (Wildman–Crippen MR) is 77.6 cm³/mol. The highest BCUT2D eigenvalue weighted by Gasteiger charge is 2.31. The molecular weight excluding hydrogens is 256 g/mol. The van der Waals surface area contributed by atoms with E-state index >= 15 is 0 Å². The Morgan fingerprint density at radius 2 is 1.90 bits per heavy atom. The lowest BCUT2D eigenvalue weighted by Gasteiger charge is -2.31. The second kappa shape index (κ2) is 6.17. The van der Waals surface area contributed by atoms with Crippen LogP contribution in [0.4, 0.5) is 11.6 Å². The average Bonchev–Trinajstić information content (AvgIpc) is 2.39. The fraction of sp³-hybridized carbons (Fsp3) is 0.643. The molecule has 0 aromatic carbocycles. The van der Waals surface area contributed by atoms with Crippen molar-refractivity contribution in [2.24, 2.45) is 0 Å². The van der Waals surface area contributed by atoms with Gasteiger partial charge in [0.2, 0.25) is 11.9 Å². The van der Waals surface area contributed by atoms with E-state index in [-0.39, 0.29) is 12.3 Å². The van der Waals surface area contributed by atoms with Crippen molar-refractivity contribution in [3.05, 3.63) is 12.4 Å². The van der Waals surface area contributed by atoms with Crippen LogP contribution in [0.5, 0.6) is 0 Å². The molecule has 1 aliphatic rings. The maximum Gasteiger partial charge on any atom is 0.227 e. The van der Waals surface area contributed by atoms with Gasteiger partial charge in [-0.1, -0.05) is 19.3 Å². The van der Waals surface area contributed by atoms with Gasteiger partial charge in [-0.05, 0) is 12.8 Å². The van der Waals surface area contributed by atoms with E-state index in [9.17, 15) is 9.90 Å². The standard InChI is InChI=1S/C14H22N4O2/c1-18(2)13-15-9-11(10-16-13)17-12(19)8-14(20)6-4-3-5-7-14/h9-10,20H,3-8H2,1-2H3,(H,17,19). The summed E-state index contributed by atoms with van der Waals surface area (Å²) in [5, 5.41) is 13.1. The topological polar surface area (TPSA) is 78.4 Å². The number of amides is 1. The molecule has 0 saturated heterocycles. The summed E-state index contributed by atoms with van der Waals surface area (Å²) in [4.78, 5) is 22.0. The molecule has 0 aliphatic heterocycles. The van der Waals surface area contributed by atoms with Gasteiger partial charge >= 0.3 is 0 Å². The Bertz CT molecular complexity index is 453. The van der Waals surface area contributed by atoms with Crippen LogP contribution in [-0.2, 0) is 4.79 Å². The molecule has 1 aliphatic carbocycles. The lowest BCUT2D eigenvalue weighted by Crippen LogP contribution is -2.35. The Kier molecular flexibility index (Phi) is 4.54. The lowest BCUT2D eigenvalue weighted by molar-refractivity contribution is -0.122. The van der Waals surface area contributed by atoms with Crippen molar-refractivity contribution in [1.29, 1.82) is 0 Å². The molecule has 0 spiro atoms. The zero-order valence-electron chi connectivity index (χ0n) is 12.1. The van der Waals surface area contributed by atoms with Crippen LogP contribution in [0, 0.1) is 0 Å². The molecule has 1 saturated carbocycles. The van der Waals surface area contributed by atoms with Crippen LogP contribution in [0.25, 0.3) is 0 Å². The third-order valence-electron chi connectivity index (χ3n) is 3.60. The van der Waals surface area contributed by atoms with E-state index in [2.05, 4.69) is 15.3 Å². The predicted octanol–water partition coefficient (Wildman–Crippen LogP) is 1.57. The smallest absolute Gasteiger partial charge is 0.227 e. The molecule has 1 fully saturated rings. The summed E-state index contributed by atoms with van der Waals surface area (Å²) in [5.41, 5.74) is -0.285. The van der Waals surface area contributed by atoms with Gasteiger partial charge < -0.3 is 15.3 Å². The Balaban J connectivity index is 1.90. The first-order valence-corrected chi connectivity index (χ1v) is 7.00. The third-order valence-corrected chi connectivity index (χ3v) is 3.60. The first-order valence-electron chi connectivity index (χ1n) is 7.00. The SMILES string of the molecule is CN(C)c1ncc(NC(=O)CC2(O)CCCCC2)cn1. The van der Waals surface area contributed by atoms with E-state index < -0.39 is 5.60 Å². The number of hydrogen-bond donors (Lipinski definition) is 2. The summed E-state index contributed by atoms with van der Waals surface area (Å²) in [7, 11) is 3.71. The molecule has 110 valence electrons. The van der Waals surface area contributed by atoms with Gasteiger partial charge in [0.05, 0.1) is 30.1 Å². The largest absolute Gasteiger partial charge is 0.389 e. The molecule has 20 heavy (non-hydrogen) atoms. The second-order valence-corrected chi connectivity index (χ2v) is 5.68. The van der Waals surface area contributed by atoms with Gasteiger partial charge in [-0.25, -0.2) is 9.97 Å². The molecule has 1 heterocycles. The van der Waals surface area contributed by atoms with Crippen LogP contribution in [0.2, 0.25) is 0 Å². The van der Waals surface area contributed by atoms with Crippen LogP contribution in [0.3, 0.4) is 0 Å². The van der Waals surface area contributed by atoms with Crippen LogP contribution in [0.1, 0.15) is 38.5 Å². The van der Waals surface area contributed by atoms with Crippen molar-refractivity contribution in [2.45, 2.75) is 44.1 Å². The number of anilines is 2. The number of aromatic nitrogens is 2. The highest BCUT2D eigenvalue weighted by Crippen LogP contribution is 2.31. The van der Waals surface area contributed by atoms with E-state index in [1.807, 2.05) is 14.1 Å². The summed E-state index contributed by atoms with van der Waals surface area (Å²) in [6.07, 6.45) is 7.82. The molecule has 0 atom stereocenters. The Morgan fingerprint density at radius 1 is 1.30 bits per heavy atom. The number of carbonyl (C=O) groups excluding carboxylic acids is 1. The number of nitrogens with one attached hydrogen (secondary N) is 1. The molecule has 1 amide bonds. The van der Waals surface area contributed by atoms with E-state index in [1.54, 1.807) is 17.3 Å². The number of carbonyl (C=O) groups is 1. The average molecular weight is 278 g/mol. The Labute approximate surface area is 119 Å². The summed E-state index contributed by atoms with van der Waals surface area (Å²) in [6.45, 7) is 0.